The number of morpholine rings is 1. The molecule has 1 aliphatic heterocycles. The first-order valence-corrected chi connectivity index (χ1v) is 3.57. The van der Waals surface area contributed by atoms with E-state index in [-0.39, 0.29) is 6.54 Å². The number of ether oxygens (including phenoxy) is 1. The molecule has 2 atom stereocenters. The zero-order valence-electron chi connectivity index (χ0n) is 6.47. The number of nitrogens with one attached hydrogen (secondary N) is 1. The topological polar surface area (TPSA) is 58.6 Å². The van der Waals surface area contributed by atoms with E-state index in [2.05, 4.69) is 10.1 Å². The monoisotopic (exact) mass is 199 g/mol. The van der Waals surface area contributed by atoms with Gasteiger partial charge in [0.1, 0.15) is 0 Å². The van der Waals surface area contributed by atoms with Gasteiger partial charge in [-0.25, -0.2) is 4.79 Å². The summed E-state index contributed by atoms with van der Waals surface area (Å²) in [6.07, 6.45) is -7.95. The van der Waals surface area contributed by atoms with E-state index in [1.807, 2.05) is 0 Å². The van der Waals surface area contributed by atoms with Gasteiger partial charge in [0.2, 0.25) is 0 Å². The molecule has 0 aromatic heterocycles. The lowest BCUT2D eigenvalue weighted by molar-refractivity contribution is -0.240. The van der Waals surface area contributed by atoms with Crippen LogP contribution in [0.25, 0.3) is 0 Å². The maximum Gasteiger partial charge on any atom is 0.415 e. The molecular formula is C6H8F3NO3. The third-order valence-corrected chi connectivity index (χ3v) is 1.63. The summed E-state index contributed by atoms with van der Waals surface area (Å²) < 4.78 is 40.4. The van der Waals surface area contributed by atoms with Crippen LogP contribution in [-0.2, 0) is 9.53 Å². The second kappa shape index (κ2) is 3.51. The summed E-state index contributed by atoms with van der Waals surface area (Å²) >= 11 is 0. The molecule has 1 heterocycles. The minimum Gasteiger partial charge on any atom is -0.479 e. The Morgan fingerprint density at radius 1 is 1.46 bits per heavy atom. The van der Waals surface area contributed by atoms with E-state index in [4.69, 9.17) is 5.11 Å². The first kappa shape index (κ1) is 10.3. The summed E-state index contributed by atoms with van der Waals surface area (Å²) in [6, 6.07) is 0. The number of hydrogen-bond acceptors (Lipinski definition) is 3. The number of carboxylic acid groups (broad SMARTS) is 1. The zero-order valence-corrected chi connectivity index (χ0v) is 6.47. The second-order valence-electron chi connectivity index (χ2n) is 2.65. The van der Waals surface area contributed by atoms with E-state index < -0.39 is 30.9 Å². The molecule has 76 valence electrons. The van der Waals surface area contributed by atoms with Crippen molar-refractivity contribution in [3.8, 4) is 0 Å². The van der Waals surface area contributed by atoms with Gasteiger partial charge in [0.05, 0.1) is 0 Å². The van der Waals surface area contributed by atoms with Crippen LogP contribution in [0.5, 0.6) is 0 Å². The maximum atomic E-state index is 12.0. The number of carboxylic acids is 1. The molecule has 2 unspecified atom stereocenters. The molecular weight excluding hydrogens is 191 g/mol. The lowest BCUT2D eigenvalue weighted by Gasteiger charge is -2.29. The van der Waals surface area contributed by atoms with Gasteiger partial charge in [-0.15, -0.1) is 0 Å². The van der Waals surface area contributed by atoms with Gasteiger partial charge in [0, 0.05) is 13.1 Å². The number of hydrogen-bond donors (Lipinski definition) is 2. The van der Waals surface area contributed by atoms with Crippen LogP contribution in [-0.4, -0.2) is 42.5 Å². The van der Waals surface area contributed by atoms with Crippen molar-refractivity contribution < 1.29 is 27.8 Å². The SMILES string of the molecule is O=C(O)C1CNCC(C(F)(F)F)O1. The average molecular weight is 199 g/mol. The number of carbonyl (C=O) groups is 1. The van der Waals surface area contributed by atoms with E-state index >= 15 is 0 Å². The molecule has 0 radical (unpaired) electrons. The largest absolute Gasteiger partial charge is 0.479 e. The van der Waals surface area contributed by atoms with E-state index in [1.54, 1.807) is 0 Å². The molecule has 0 aromatic rings. The Morgan fingerprint density at radius 2 is 2.08 bits per heavy atom. The molecule has 13 heavy (non-hydrogen) atoms. The Hall–Kier alpha value is -0.820. The Bertz CT molecular complexity index is 206. The molecule has 1 rings (SSSR count). The highest BCUT2D eigenvalue weighted by molar-refractivity contribution is 5.72. The van der Waals surface area contributed by atoms with Crippen LogP contribution in [0.15, 0.2) is 0 Å². The zero-order chi connectivity index (χ0) is 10.1. The quantitative estimate of drug-likeness (QED) is 0.623. The van der Waals surface area contributed by atoms with Gasteiger partial charge in [-0.2, -0.15) is 13.2 Å². The molecule has 0 spiro atoms. The fourth-order valence-electron chi connectivity index (χ4n) is 0.978. The lowest BCUT2D eigenvalue weighted by atomic mass is 10.2. The minimum absolute atomic E-state index is 0.0953. The van der Waals surface area contributed by atoms with Crippen molar-refractivity contribution >= 4 is 5.97 Å². The molecule has 1 fully saturated rings. The van der Waals surface area contributed by atoms with E-state index in [1.165, 1.54) is 0 Å². The van der Waals surface area contributed by atoms with Crippen LogP contribution >= 0.6 is 0 Å². The highest BCUT2D eigenvalue weighted by Crippen LogP contribution is 2.24. The third kappa shape index (κ3) is 2.56. The van der Waals surface area contributed by atoms with Crippen molar-refractivity contribution in [1.82, 2.24) is 5.32 Å². The highest BCUT2D eigenvalue weighted by atomic mass is 19.4. The van der Waals surface area contributed by atoms with Crippen LogP contribution in [0, 0.1) is 0 Å². The summed E-state index contributed by atoms with van der Waals surface area (Å²) in [6.45, 7) is -0.491. The number of aliphatic carboxylic acids is 1. The van der Waals surface area contributed by atoms with Gasteiger partial charge in [-0.3, -0.25) is 0 Å². The molecule has 0 amide bonds. The van der Waals surface area contributed by atoms with Gasteiger partial charge in [-0.05, 0) is 0 Å². The van der Waals surface area contributed by atoms with Crippen molar-refractivity contribution in [3.05, 3.63) is 0 Å². The third-order valence-electron chi connectivity index (χ3n) is 1.63. The maximum absolute atomic E-state index is 12.0. The first-order chi connectivity index (χ1) is 5.91. The molecule has 0 saturated carbocycles. The number of alkyl halides is 3. The Balaban J connectivity index is 2.57. The predicted octanol–water partition coefficient (Wildman–Crippen LogP) is -0.00970. The standard InChI is InChI=1S/C6H8F3NO3/c7-6(8,9)4-2-10-1-3(13-4)5(11)12/h3-4,10H,1-2H2,(H,11,12). The number of rotatable bonds is 1. The normalized spacial score (nSPS) is 30.1. The van der Waals surface area contributed by atoms with Gasteiger partial charge in [0.15, 0.2) is 12.2 Å². The van der Waals surface area contributed by atoms with Crippen LogP contribution in [0.4, 0.5) is 13.2 Å². The van der Waals surface area contributed by atoms with E-state index in [0.29, 0.717) is 0 Å². The van der Waals surface area contributed by atoms with Crippen LogP contribution in [0.2, 0.25) is 0 Å². The Morgan fingerprint density at radius 3 is 2.54 bits per heavy atom. The average Bonchev–Trinajstić information content (AvgIpc) is 2.03. The first-order valence-electron chi connectivity index (χ1n) is 3.57. The van der Waals surface area contributed by atoms with E-state index in [0.717, 1.165) is 0 Å². The van der Waals surface area contributed by atoms with Gasteiger partial charge in [0.25, 0.3) is 0 Å². The highest BCUT2D eigenvalue weighted by Gasteiger charge is 2.44. The van der Waals surface area contributed by atoms with Crippen molar-refractivity contribution in [2.24, 2.45) is 0 Å². The second-order valence-corrected chi connectivity index (χ2v) is 2.65. The molecule has 7 heteroatoms. The van der Waals surface area contributed by atoms with Gasteiger partial charge in [-0.1, -0.05) is 0 Å². The van der Waals surface area contributed by atoms with Crippen LogP contribution in [0.3, 0.4) is 0 Å². The smallest absolute Gasteiger partial charge is 0.415 e. The molecule has 0 aliphatic carbocycles. The van der Waals surface area contributed by atoms with Crippen molar-refractivity contribution in [2.75, 3.05) is 13.1 Å². The fraction of sp³-hybridized carbons (Fsp3) is 0.833. The van der Waals surface area contributed by atoms with Crippen molar-refractivity contribution in [2.45, 2.75) is 18.4 Å². The predicted molar refractivity (Wildman–Crippen MR) is 35.2 cm³/mol. The molecule has 0 bridgehead atoms. The van der Waals surface area contributed by atoms with Gasteiger partial charge >= 0.3 is 12.1 Å². The minimum atomic E-state index is -4.51. The summed E-state index contributed by atoms with van der Waals surface area (Å²) in [5.74, 6) is -1.39. The Labute approximate surface area is 71.7 Å². The van der Waals surface area contributed by atoms with Crippen LogP contribution < -0.4 is 5.32 Å². The summed E-state index contributed by atoms with van der Waals surface area (Å²) in [5.41, 5.74) is 0. The van der Waals surface area contributed by atoms with Gasteiger partial charge < -0.3 is 15.2 Å². The molecule has 2 N–H and O–H groups in total. The number of halogens is 3. The molecule has 1 saturated heterocycles. The van der Waals surface area contributed by atoms with Crippen LogP contribution in [0.1, 0.15) is 0 Å². The van der Waals surface area contributed by atoms with E-state index in [9.17, 15) is 18.0 Å². The molecule has 4 nitrogen and oxygen atoms in total. The fourth-order valence-corrected chi connectivity index (χ4v) is 0.978. The summed E-state index contributed by atoms with van der Waals surface area (Å²) in [7, 11) is 0. The Kier molecular flexibility index (Phi) is 2.77. The molecule has 1 aliphatic rings. The summed E-state index contributed by atoms with van der Waals surface area (Å²) in [4.78, 5) is 10.3. The molecule has 0 aromatic carbocycles. The van der Waals surface area contributed by atoms with Crippen molar-refractivity contribution in [1.29, 1.82) is 0 Å². The van der Waals surface area contributed by atoms with Crippen molar-refractivity contribution in [3.63, 3.8) is 0 Å². The lowest BCUT2D eigenvalue weighted by Crippen LogP contribution is -2.53. The summed E-state index contributed by atoms with van der Waals surface area (Å²) in [5, 5.41) is 10.7.